The van der Waals surface area contributed by atoms with Gasteiger partial charge in [-0.05, 0) is 33.0 Å². The van der Waals surface area contributed by atoms with E-state index in [1.807, 2.05) is 0 Å². The zero-order valence-corrected chi connectivity index (χ0v) is 6.28. The molecule has 1 heteroatoms. The van der Waals surface area contributed by atoms with Gasteiger partial charge in [0.2, 0.25) is 0 Å². The predicted octanol–water partition coefficient (Wildman–Crippen LogP) is 2.37. The van der Waals surface area contributed by atoms with E-state index in [1.54, 1.807) is 0 Å². The Morgan fingerprint density at radius 1 is 1.00 bits per heavy atom. The molecule has 0 aliphatic carbocycles. The molecule has 0 rings (SSSR count). The lowest BCUT2D eigenvalue weighted by Crippen LogP contribution is -2.19. The van der Waals surface area contributed by atoms with Crippen LogP contribution in [0.15, 0.2) is 0 Å². The van der Waals surface area contributed by atoms with Gasteiger partial charge >= 0.3 is 0 Å². The van der Waals surface area contributed by atoms with Crippen molar-refractivity contribution in [2.45, 2.75) is 34.1 Å². The number of rotatable bonds is 4. The minimum Gasteiger partial charge on any atom is -0.306 e. The van der Waals surface area contributed by atoms with E-state index in [1.165, 1.54) is 25.9 Å². The van der Waals surface area contributed by atoms with Crippen molar-refractivity contribution in [3.05, 3.63) is 0 Å². The molecule has 0 amide bonds. The van der Waals surface area contributed by atoms with Crippen LogP contribution in [0.25, 0.3) is 0 Å². The Kier molecular flexibility index (Phi) is 10.4. The maximum absolute atomic E-state index is 2.36. The Morgan fingerprint density at radius 3 is 1.56 bits per heavy atom. The first-order valence-electron chi connectivity index (χ1n) is 3.49. The van der Waals surface area contributed by atoms with Gasteiger partial charge in [0, 0.05) is 0 Å². The highest BCUT2D eigenvalue weighted by Gasteiger charge is 1.90. The highest BCUT2D eigenvalue weighted by molar-refractivity contribution is 4.45. The fraction of sp³-hybridized carbons (Fsp3) is 1.00. The monoisotopic (exact) mass is 131 g/mol. The fourth-order valence-electron chi connectivity index (χ4n) is 0.875. The molecule has 0 aliphatic rings. The van der Waals surface area contributed by atoms with Gasteiger partial charge in [-0.3, -0.25) is 0 Å². The molecule has 58 valence electrons. The molecule has 0 radical (unpaired) electrons. The molecule has 0 heterocycles. The Balaban J connectivity index is 0. The molecular weight excluding hydrogens is 110 g/mol. The van der Waals surface area contributed by atoms with E-state index < -0.39 is 0 Å². The number of hydrogen-bond donors (Lipinski definition) is 0. The average Bonchev–Trinajstić information content (AvgIpc) is 1.68. The molecule has 9 heavy (non-hydrogen) atoms. The number of nitrogens with zero attached hydrogens (tertiary/aromatic N) is 1. The Hall–Kier alpha value is -0.0400. The summed E-state index contributed by atoms with van der Waals surface area (Å²) >= 11 is 0. The van der Waals surface area contributed by atoms with Crippen LogP contribution >= 0.6 is 0 Å². The van der Waals surface area contributed by atoms with Crippen molar-refractivity contribution < 1.29 is 0 Å². The van der Waals surface area contributed by atoms with E-state index in [-0.39, 0.29) is 7.43 Å². The van der Waals surface area contributed by atoms with Crippen LogP contribution in [0.2, 0.25) is 0 Å². The van der Waals surface area contributed by atoms with Crippen molar-refractivity contribution in [1.29, 1.82) is 0 Å². The molecule has 1 nitrogen and oxygen atoms in total. The summed E-state index contributed by atoms with van der Waals surface area (Å²) < 4.78 is 0. The molecule has 0 aliphatic heterocycles. The first-order valence-corrected chi connectivity index (χ1v) is 3.49. The smallest absolute Gasteiger partial charge is 0.00244 e. The summed E-state index contributed by atoms with van der Waals surface area (Å²) in [4.78, 5) is 2.36. The molecule has 0 aromatic heterocycles. The van der Waals surface area contributed by atoms with Crippen LogP contribution < -0.4 is 0 Å². The fourth-order valence-corrected chi connectivity index (χ4v) is 0.875. The standard InChI is InChI=1S/C7H17N.CH4/c1-4-6-8(3)7-5-2;/h4-7H2,1-3H3;1H4. The van der Waals surface area contributed by atoms with E-state index in [0.717, 1.165) is 0 Å². The lowest BCUT2D eigenvalue weighted by Gasteiger charge is -2.12. The van der Waals surface area contributed by atoms with Gasteiger partial charge in [0.05, 0.1) is 0 Å². The van der Waals surface area contributed by atoms with Crippen molar-refractivity contribution >= 4 is 0 Å². The van der Waals surface area contributed by atoms with Gasteiger partial charge in [0.1, 0.15) is 0 Å². The maximum atomic E-state index is 2.36. The number of hydrogen-bond acceptors (Lipinski definition) is 1. The highest BCUT2D eigenvalue weighted by Crippen LogP contribution is 1.86. The van der Waals surface area contributed by atoms with E-state index in [9.17, 15) is 0 Å². The molecule has 0 atom stereocenters. The quantitative estimate of drug-likeness (QED) is 0.566. The third kappa shape index (κ3) is 7.96. The van der Waals surface area contributed by atoms with Crippen LogP contribution in [0.5, 0.6) is 0 Å². The van der Waals surface area contributed by atoms with Gasteiger partial charge in [-0.2, -0.15) is 0 Å². The van der Waals surface area contributed by atoms with Gasteiger partial charge in [0.25, 0.3) is 0 Å². The minimum absolute atomic E-state index is 0. The maximum Gasteiger partial charge on any atom is -0.00244 e. The molecular formula is C8H21N. The van der Waals surface area contributed by atoms with E-state index >= 15 is 0 Å². The Morgan fingerprint density at radius 2 is 1.33 bits per heavy atom. The zero-order chi connectivity index (χ0) is 6.41. The highest BCUT2D eigenvalue weighted by atomic mass is 15.1. The Bertz CT molecular complexity index is 37.8. The van der Waals surface area contributed by atoms with Crippen LogP contribution in [0, 0.1) is 0 Å². The van der Waals surface area contributed by atoms with Gasteiger partial charge in [-0.15, -0.1) is 0 Å². The lowest BCUT2D eigenvalue weighted by molar-refractivity contribution is 0.335. The van der Waals surface area contributed by atoms with E-state index in [0.29, 0.717) is 0 Å². The van der Waals surface area contributed by atoms with E-state index in [2.05, 4.69) is 25.8 Å². The second kappa shape index (κ2) is 7.96. The third-order valence-corrected chi connectivity index (χ3v) is 1.21. The van der Waals surface area contributed by atoms with Gasteiger partial charge in [-0.1, -0.05) is 21.3 Å². The van der Waals surface area contributed by atoms with Crippen molar-refractivity contribution in [3.63, 3.8) is 0 Å². The van der Waals surface area contributed by atoms with Gasteiger partial charge in [-0.25, -0.2) is 0 Å². The van der Waals surface area contributed by atoms with Gasteiger partial charge < -0.3 is 4.90 Å². The molecule has 0 unspecified atom stereocenters. The normalized spacial score (nSPS) is 9.33. The van der Waals surface area contributed by atoms with Crippen LogP contribution in [0.3, 0.4) is 0 Å². The molecule has 0 fully saturated rings. The Labute approximate surface area is 60.1 Å². The summed E-state index contributed by atoms with van der Waals surface area (Å²) in [6, 6.07) is 0. The van der Waals surface area contributed by atoms with Crippen LogP contribution in [0.4, 0.5) is 0 Å². The van der Waals surface area contributed by atoms with Crippen molar-refractivity contribution in [2.24, 2.45) is 0 Å². The summed E-state index contributed by atoms with van der Waals surface area (Å²) in [5.41, 5.74) is 0. The first kappa shape index (κ1) is 11.7. The summed E-state index contributed by atoms with van der Waals surface area (Å²) in [6.07, 6.45) is 2.55. The predicted molar refractivity (Wildman–Crippen MR) is 44.8 cm³/mol. The van der Waals surface area contributed by atoms with Crippen LogP contribution in [-0.2, 0) is 0 Å². The second-order valence-corrected chi connectivity index (χ2v) is 2.30. The topological polar surface area (TPSA) is 3.24 Å². The van der Waals surface area contributed by atoms with Crippen LogP contribution in [-0.4, -0.2) is 25.0 Å². The summed E-state index contributed by atoms with van der Waals surface area (Å²) in [5.74, 6) is 0. The lowest BCUT2D eigenvalue weighted by atomic mass is 10.4. The molecule has 0 saturated carbocycles. The SMILES string of the molecule is C.CCCN(C)CCC. The molecule has 0 aromatic carbocycles. The summed E-state index contributed by atoms with van der Waals surface area (Å²) in [6.45, 7) is 6.92. The molecule has 0 N–H and O–H groups in total. The van der Waals surface area contributed by atoms with Crippen molar-refractivity contribution in [3.8, 4) is 0 Å². The third-order valence-electron chi connectivity index (χ3n) is 1.21. The molecule has 0 aromatic rings. The second-order valence-electron chi connectivity index (χ2n) is 2.30. The molecule has 0 bridgehead atoms. The zero-order valence-electron chi connectivity index (χ0n) is 6.28. The van der Waals surface area contributed by atoms with E-state index in [4.69, 9.17) is 0 Å². The summed E-state index contributed by atoms with van der Waals surface area (Å²) in [5, 5.41) is 0. The van der Waals surface area contributed by atoms with Crippen molar-refractivity contribution in [2.75, 3.05) is 20.1 Å². The van der Waals surface area contributed by atoms with Crippen LogP contribution in [0.1, 0.15) is 34.1 Å². The van der Waals surface area contributed by atoms with Gasteiger partial charge in [0.15, 0.2) is 0 Å². The largest absolute Gasteiger partial charge is 0.306 e. The minimum atomic E-state index is 0. The first-order chi connectivity index (χ1) is 3.81. The average molecular weight is 131 g/mol. The summed E-state index contributed by atoms with van der Waals surface area (Å²) in [7, 11) is 2.17. The van der Waals surface area contributed by atoms with Crippen molar-refractivity contribution in [1.82, 2.24) is 4.90 Å². The molecule has 0 spiro atoms. The molecule has 0 saturated heterocycles.